The third-order valence-corrected chi connectivity index (χ3v) is 4.91. The van der Waals surface area contributed by atoms with Crippen LogP contribution in [-0.4, -0.2) is 32.6 Å². The zero-order valence-corrected chi connectivity index (χ0v) is 17.6. The average molecular weight is 422 g/mol. The van der Waals surface area contributed by atoms with E-state index in [-0.39, 0.29) is 12.5 Å². The fourth-order valence-corrected chi connectivity index (χ4v) is 3.36. The number of rotatable bonds is 5. The molecule has 152 valence electrons. The van der Waals surface area contributed by atoms with Gasteiger partial charge < -0.3 is 9.64 Å². The van der Waals surface area contributed by atoms with Gasteiger partial charge in [-0.25, -0.2) is 9.50 Å². The summed E-state index contributed by atoms with van der Waals surface area (Å²) < 4.78 is 6.94. The predicted octanol–water partition coefficient (Wildman–Crippen LogP) is 4.25. The van der Waals surface area contributed by atoms with E-state index in [9.17, 15) is 4.79 Å². The van der Waals surface area contributed by atoms with Gasteiger partial charge in [0.05, 0.1) is 13.7 Å². The van der Waals surface area contributed by atoms with Crippen LogP contribution in [0, 0.1) is 13.8 Å². The van der Waals surface area contributed by atoms with Gasteiger partial charge in [-0.05, 0) is 62.4 Å². The highest BCUT2D eigenvalue weighted by Gasteiger charge is 2.21. The normalized spacial score (nSPS) is 10.9. The molecule has 2 aromatic carbocycles. The van der Waals surface area contributed by atoms with Crippen molar-refractivity contribution in [1.29, 1.82) is 0 Å². The lowest BCUT2D eigenvalue weighted by Gasteiger charge is -2.22. The smallest absolute Gasteiger partial charge is 0.258 e. The maximum atomic E-state index is 13.4. The molecule has 0 saturated heterocycles. The van der Waals surface area contributed by atoms with Crippen LogP contribution in [0.15, 0.2) is 54.6 Å². The Hall–Kier alpha value is -3.45. The van der Waals surface area contributed by atoms with E-state index in [4.69, 9.17) is 16.3 Å². The summed E-state index contributed by atoms with van der Waals surface area (Å²) in [6, 6.07) is 16.0. The Kier molecular flexibility index (Phi) is 5.37. The van der Waals surface area contributed by atoms with E-state index >= 15 is 0 Å². The fraction of sp³-hybridized carbons (Fsp3) is 0.182. The topological polar surface area (TPSA) is 72.6 Å². The van der Waals surface area contributed by atoms with E-state index in [1.165, 1.54) is 0 Å². The number of carbonyl (C=O) groups excluding carboxylic acids is 1. The number of hydrogen-bond acceptors (Lipinski definition) is 5. The lowest BCUT2D eigenvalue weighted by molar-refractivity contribution is 0.0984. The van der Waals surface area contributed by atoms with Gasteiger partial charge in [0, 0.05) is 27.7 Å². The lowest BCUT2D eigenvalue weighted by atomic mass is 10.1. The fourth-order valence-electron chi connectivity index (χ4n) is 3.23. The first-order valence-corrected chi connectivity index (χ1v) is 9.74. The number of amides is 1. The van der Waals surface area contributed by atoms with Crippen LogP contribution in [0.2, 0.25) is 5.02 Å². The molecule has 0 unspecified atom stereocenters. The highest BCUT2D eigenvalue weighted by atomic mass is 35.5. The summed E-state index contributed by atoms with van der Waals surface area (Å²) in [6.07, 6.45) is 0. The standard InChI is InChI=1S/C22H20ClN5O2/c1-14-11-15(2)28-22(24-14)25-20(26-28)13-27(18-9-7-17(23)8-10-18)21(29)16-5-4-6-19(12-16)30-3/h4-12H,13H2,1-3H3. The molecule has 0 saturated carbocycles. The second-order valence-corrected chi connectivity index (χ2v) is 7.31. The Morgan fingerprint density at radius 2 is 1.87 bits per heavy atom. The molecule has 0 fully saturated rings. The largest absolute Gasteiger partial charge is 0.497 e. The quantitative estimate of drug-likeness (QED) is 0.481. The lowest BCUT2D eigenvalue weighted by Crippen LogP contribution is -2.31. The second kappa shape index (κ2) is 8.12. The van der Waals surface area contributed by atoms with Crippen LogP contribution in [0.4, 0.5) is 5.69 Å². The van der Waals surface area contributed by atoms with Crippen LogP contribution in [0.3, 0.4) is 0 Å². The van der Waals surface area contributed by atoms with Crippen molar-refractivity contribution < 1.29 is 9.53 Å². The van der Waals surface area contributed by atoms with E-state index < -0.39 is 0 Å². The van der Waals surface area contributed by atoms with Crippen molar-refractivity contribution in [2.45, 2.75) is 20.4 Å². The van der Waals surface area contributed by atoms with E-state index in [1.54, 1.807) is 65.1 Å². The summed E-state index contributed by atoms with van der Waals surface area (Å²) in [5.41, 5.74) is 2.97. The molecule has 0 N–H and O–H groups in total. The van der Waals surface area contributed by atoms with Gasteiger partial charge in [0.1, 0.15) is 5.75 Å². The summed E-state index contributed by atoms with van der Waals surface area (Å²) in [4.78, 5) is 24.0. The molecule has 0 spiro atoms. The summed E-state index contributed by atoms with van der Waals surface area (Å²) in [5, 5.41) is 5.14. The van der Waals surface area contributed by atoms with Crippen LogP contribution in [-0.2, 0) is 6.54 Å². The minimum Gasteiger partial charge on any atom is -0.497 e. The monoisotopic (exact) mass is 421 g/mol. The minimum atomic E-state index is -0.198. The molecular formula is C22H20ClN5O2. The number of aryl methyl sites for hydroxylation is 2. The highest BCUT2D eigenvalue weighted by molar-refractivity contribution is 6.30. The average Bonchev–Trinajstić information content (AvgIpc) is 3.15. The van der Waals surface area contributed by atoms with Gasteiger partial charge in [0.2, 0.25) is 0 Å². The van der Waals surface area contributed by atoms with E-state index in [0.29, 0.717) is 33.6 Å². The molecule has 0 atom stereocenters. The van der Waals surface area contributed by atoms with Crippen molar-refractivity contribution in [1.82, 2.24) is 19.6 Å². The van der Waals surface area contributed by atoms with E-state index in [0.717, 1.165) is 11.4 Å². The number of hydrogen-bond donors (Lipinski definition) is 0. The Balaban J connectivity index is 1.74. The SMILES string of the molecule is COc1cccc(C(=O)N(Cc2nc3nc(C)cc(C)n3n2)c2ccc(Cl)cc2)c1. The van der Waals surface area contributed by atoms with Crippen molar-refractivity contribution in [2.75, 3.05) is 12.0 Å². The Labute approximate surface area is 178 Å². The minimum absolute atomic E-state index is 0.180. The number of halogens is 1. The molecule has 0 aliphatic rings. The van der Waals surface area contributed by atoms with Gasteiger partial charge in [0.25, 0.3) is 11.7 Å². The van der Waals surface area contributed by atoms with Gasteiger partial charge in [-0.2, -0.15) is 4.98 Å². The number of ether oxygens (including phenoxy) is 1. The third kappa shape index (κ3) is 3.97. The molecule has 1 amide bonds. The maximum absolute atomic E-state index is 13.4. The summed E-state index contributed by atoms with van der Waals surface area (Å²) in [5.74, 6) is 1.41. The number of anilines is 1. The zero-order chi connectivity index (χ0) is 21.3. The molecule has 2 aromatic heterocycles. The summed E-state index contributed by atoms with van der Waals surface area (Å²) in [7, 11) is 1.57. The molecule has 8 heteroatoms. The number of fused-ring (bicyclic) bond motifs is 1. The number of nitrogens with zero attached hydrogens (tertiary/aromatic N) is 5. The molecule has 4 rings (SSSR count). The van der Waals surface area contributed by atoms with Crippen LogP contribution in [0.5, 0.6) is 5.75 Å². The molecular weight excluding hydrogens is 402 g/mol. The predicted molar refractivity (Wildman–Crippen MR) is 115 cm³/mol. The van der Waals surface area contributed by atoms with Gasteiger partial charge in [-0.1, -0.05) is 17.7 Å². The van der Waals surface area contributed by atoms with Crippen molar-refractivity contribution in [3.63, 3.8) is 0 Å². The van der Waals surface area contributed by atoms with Gasteiger partial charge >= 0.3 is 0 Å². The van der Waals surface area contributed by atoms with Crippen LogP contribution in [0.25, 0.3) is 5.78 Å². The molecule has 4 aromatic rings. The summed E-state index contributed by atoms with van der Waals surface area (Å²) >= 11 is 6.04. The van der Waals surface area contributed by atoms with Crippen LogP contribution in [0.1, 0.15) is 27.6 Å². The van der Waals surface area contributed by atoms with Crippen LogP contribution >= 0.6 is 11.6 Å². The van der Waals surface area contributed by atoms with Crippen molar-refractivity contribution in [3.8, 4) is 5.75 Å². The number of methoxy groups -OCH3 is 1. The summed E-state index contributed by atoms with van der Waals surface area (Å²) in [6.45, 7) is 4.03. The Morgan fingerprint density at radius 3 is 2.60 bits per heavy atom. The van der Waals surface area contributed by atoms with Gasteiger partial charge in [-0.15, -0.1) is 5.10 Å². The van der Waals surface area contributed by atoms with E-state index in [1.807, 2.05) is 19.9 Å². The Morgan fingerprint density at radius 1 is 1.10 bits per heavy atom. The number of benzene rings is 2. The zero-order valence-electron chi connectivity index (χ0n) is 16.8. The highest BCUT2D eigenvalue weighted by Crippen LogP contribution is 2.23. The number of aromatic nitrogens is 4. The molecule has 7 nitrogen and oxygen atoms in total. The molecule has 2 heterocycles. The first-order chi connectivity index (χ1) is 14.4. The maximum Gasteiger partial charge on any atom is 0.258 e. The first kappa shape index (κ1) is 19.8. The van der Waals surface area contributed by atoms with Crippen molar-refractivity contribution in [2.24, 2.45) is 0 Å². The molecule has 0 radical (unpaired) electrons. The second-order valence-electron chi connectivity index (χ2n) is 6.88. The Bertz CT molecular complexity index is 1220. The van der Waals surface area contributed by atoms with E-state index in [2.05, 4.69) is 15.1 Å². The molecule has 0 bridgehead atoms. The van der Waals surface area contributed by atoms with Gasteiger partial charge in [0.15, 0.2) is 5.82 Å². The molecule has 0 aliphatic heterocycles. The van der Waals surface area contributed by atoms with Crippen molar-refractivity contribution >= 4 is 29.0 Å². The van der Waals surface area contributed by atoms with Crippen molar-refractivity contribution in [3.05, 3.63) is 82.4 Å². The molecule has 0 aliphatic carbocycles. The van der Waals surface area contributed by atoms with Gasteiger partial charge in [-0.3, -0.25) is 4.79 Å². The first-order valence-electron chi connectivity index (χ1n) is 9.36. The van der Waals surface area contributed by atoms with Crippen LogP contribution < -0.4 is 9.64 Å². The third-order valence-electron chi connectivity index (χ3n) is 4.66. The number of carbonyl (C=O) groups is 1. The molecule has 30 heavy (non-hydrogen) atoms.